The van der Waals surface area contributed by atoms with E-state index in [1.807, 2.05) is 36.4 Å². The van der Waals surface area contributed by atoms with Crippen LogP contribution in [0.15, 0.2) is 54.6 Å². The number of fused-ring (bicyclic) bond motifs is 1. The zero-order valence-corrected chi connectivity index (χ0v) is 18.3. The molecule has 0 aliphatic rings. The van der Waals surface area contributed by atoms with Crippen molar-refractivity contribution < 1.29 is 4.74 Å². The van der Waals surface area contributed by atoms with E-state index in [-0.39, 0.29) is 0 Å². The van der Waals surface area contributed by atoms with Crippen molar-refractivity contribution in [1.82, 2.24) is 30.0 Å². The van der Waals surface area contributed by atoms with Gasteiger partial charge in [0.1, 0.15) is 18.1 Å². The van der Waals surface area contributed by atoms with Crippen LogP contribution < -0.4 is 4.74 Å². The van der Waals surface area contributed by atoms with Crippen molar-refractivity contribution in [3.8, 4) is 28.5 Å². The summed E-state index contributed by atoms with van der Waals surface area (Å²) in [6.45, 7) is 6.79. The molecule has 0 saturated heterocycles. The third kappa shape index (κ3) is 3.82. The number of benzene rings is 2. The summed E-state index contributed by atoms with van der Waals surface area (Å²) >= 11 is 1.47. The smallest absolute Gasteiger partial charge is 0.235 e. The first-order valence-corrected chi connectivity index (χ1v) is 11.0. The number of nitrogens with one attached hydrogen (secondary N) is 1. The van der Waals surface area contributed by atoms with Crippen LogP contribution in [0, 0.1) is 6.92 Å². The van der Waals surface area contributed by atoms with E-state index >= 15 is 0 Å². The minimum atomic E-state index is 0.384. The number of hydrogen-bond donors (Lipinski definition) is 1. The summed E-state index contributed by atoms with van der Waals surface area (Å²) in [4.78, 5) is 0.720. The molecule has 0 spiro atoms. The third-order valence-electron chi connectivity index (χ3n) is 5.06. The predicted octanol–water partition coefficient (Wildman–Crippen LogP) is 5.25. The fourth-order valence-corrected chi connectivity index (χ4v) is 4.21. The molecule has 5 aromatic rings. The summed E-state index contributed by atoms with van der Waals surface area (Å²) in [6.07, 6.45) is 0. The van der Waals surface area contributed by atoms with Crippen molar-refractivity contribution in [3.63, 3.8) is 0 Å². The molecule has 0 bridgehead atoms. The van der Waals surface area contributed by atoms with Crippen molar-refractivity contribution >= 4 is 16.3 Å². The van der Waals surface area contributed by atoms with E-state index in [0.717, 1.165) is 32.7 Å². The molecule has 31 heavy (non-hydrogen) atoms. The number of ether oxygens (including phenoxy) is 1. The monoisotopic (exact) mass is 430 g/mol. The molecule has 3 heterocycles. The number of H-pyrrole nitrogens is 1. The van der Waals surface area contributed by atoms with Crippen LogP contribution in [0.5, 0.6) is 5.75 Å². The molecule has 5 rings (SSSR count). The van der Waals surface area contributed by atoms with Gasteiger partial charge in [0, 0.05) is 5.56 Å². The lowest BCUT2D eigenvalue weighted by Crippen LogP contribution is -2.01. The zero-order valence-electron chi connectivity index (χ0n) is 17.5. The topological polar surface area (TPSA) is 81.0 Å². The van der Waals surface area contributed by atoms with Gasteiger partial charge in [0.25, 0.3) is 0 Å². The van der Waals surface area contributed by atoms with Crippen molar-refractivity contribution in [2.45, 2.75) is 33.3 Å². The summed E-state index contributed by atoms with van der Waals surface area (Å²) in [6, 6.07) is 18.3. The highest BCUT2D eigenvalue weighted by atomic mass is 32.1. The minimum absolute atomic E-state index is 0.384. The summed E-state index contributed by atoms with van der Waals surface area (Å²) < 4.78 is 7.88. The summed E-state index contributed by atoms with van der Waals surface area (Å²) in [5, 5.41) is 21.5. The molecule has 0 atom stereocenters. The van der Waals surface area contributed by atoms with E-state index in [2.05, 4.69) is 64.5 Å². The second-order valence-corrected chi connectivity index (χ2v) is 8.77. The Bertz CT molecular complexity index is 1330. The average molecular weight is 431 g/mol. The SMILES string of the molecule is Cc1ccc(C(C)C)c(OCc2nn3c(-c4cc(-c5ccccc5)n[nH]4)nnc3s2)c1. The van der Waals surface area contributed by atoms with Crippen LogP contribution >= 0.6 is 11.3 Å². The van der Waals surface area contributed by atoms with E-state index in [4.69, 9.17) is 4.74 Å². The number of rotatable bonds is 6. The first-order chi connectivity index (χ1) is 15.1. The van der Waals surface area contributed by atoms with Crippen LogP contribution in [-0.4, -0.2) is 30.0 Å². The Hall–Kier alpha value is -3.52. The van der Waals surface area contributed by atoms with Gasteiger partial charge in [0.15, 0.2) is 5.01 Å². The highest BCUT2D eigenvalue weighted by molar-refractivity contribution is 7.16. The first kappa shape index (κ1) is 19.4. The van der Waals surface area contributed by atoms with Gasteiger partial charge in [-0.1, -0.05) is 67.6 Å². The molecule has 3 aromatic heterocycles. The quantitative estimate of drug-likeness (QED) is 0.398. The number of hydrogen-bond acceptors (Lipinski definition) is 6. The Morgan fingerprint density at radius 3 is 2.71 bits per heavy atom. The largest absolute Gasteiger partial charge is 0.486 e. The molecule has 0 aliphatic heterocycles. The van der Waals surface area contributed by atoms with Gasteiger partial charge in [-0.3, -0.25) is 5.10 Å². The molecular weight excluding hydrogens is 408 g/mol. The number of nitrogens with zero attached hydrogens (tertiary/aromatic N) is 5. The van der Waals surface area contributed by atoms with Gasteiger partial charge in [0.2, 0.25) is 10.8 Å². The van der Waals surface area contributed by atoms with Gasteiger partial charge in [-0.15, -0.1) is 10.2 Å². The van der Waals surface area contributed by atoms with Gasteiger partial charge in [-0.05, 0) is 36.1 Å². The van der Waals surface area contributed by atoms with Gasteiger partial charge in [-0.2, -0.15) is 14.7 Å². The molecule has 0 fully saturated rings. The summed E-state index contributed by atoms with van der Waals surface area (Å²) in [7, 11) is 0. The van der Waals surface area contributed by atoms with E-state index < -0.39 is 0 Å². The molecular formula is C23H22N6OS. The molecule has 0 aliphatic carbocycles. The number of aromatic amines is 1. The van der Waals surface area contributed by atoms with Crippen LogP contribution in [-0.2, 0) is 6.61 Å². The van der Waals surface area contributed by atoms with Gasteiger partial charge < -0.3 is 4.74 Å². The summed E-state index contributed by atoms with van der Waals surface area (Å²) in [5.74, 6) is 1.92. The maximum absolute atomic E-state index is 6.14. The lowest BCUT2D eigenvalue weighted by Gasteiger charge is -2.14. The molecule has 0 unspecified atom stereocenters. The Labute approximate surface area is 183 Å². The molecule has 0 saturated carbocycles. The van der Waals surface area contributed by atoms with Crippen LogP contribution in [0.2, 0.25) is 0 Å². The van der Waals surface area contributed by atoms with Crippen molar-refractivity contribution in [1.29, 1.82) is 0 Å². The fraction of sp³-hybridized carbons (Fsp3) is 0.217. The zero-order chi connectivity index (χ0) is 21.4. The first-order valence-electron chi connectivity index (χ1n) is 10.1. The highest BCUT2D eigenvalue weighted by Gasteiger charge is 2.17. The van der Waals surface area contributed by atoms with Gasteiger partial charge in [-0.25, -0.2) is 0 Å². The lowest BCUT2D eigenvalue weighted by molar-refractivity contribution is 0.299. The van der Waals surface area contributed by atoms with Crippen LogP contribution in [0.1, 0.15) is 35.9 Å². The van der Waals surface area contributed by atoms with E-state index in [9.17, 15) is 0 Å². The third-order valence-corrected chi connectivity index (χ3v) is 5.94. The highest BCUT2D eigenvalue weighted by Crippen LogP contribution is 2.29. The van der Waals surface area contributed by atoms with Gasteiger partial charge >= 0.3 is 0 Å². The minimum Gasteiger partial charge on any atom is -0.486 e. The standard InChI is InChI=1S/C23H22N6OS/c1-14(2)17-10-9-15(3)11-20(17)30-13-21-28-29-22(26-27-23(29)31-21)19-12-18(24-25-19)16-7-5-4-6-8-16/h4-12,14H,13H2,1-3H3,(H,24,25). The van der Waals surface area contributed by atoms with Crippen LogP contribution in [0.25, 0.3) is 27.7 Å². The van der Waals surface area contributed by atoms with Crippen LogP contribution in [0.3, 0.4) is 0 Å². The molecule has 0 amide bonds. The molecule has 7 nitrogen and oxygen atoms in total. The maximum atomic E-state index is 6.14. The lowest BCUT2D eigenvalue weighted by atomic mass is 10.0. The number of aromatic nitrogens is 6. The second-order valence-electron chi connectivity index (χ2n) is 7.73. The van der Waals surface area contributed by atoms with Crippen LogP contribution in [0.4, 0.5) is 0 Å². The van der Waals surface area contributed by atoms with Gasteiger partial charge in [0.05, 0.1) is 5.69 Å². The number of aryl methyl sites for hydroxylation is 1. The van der Waals surface area contributed by atoms with Crippen molar-refractivity contribution in [2.75, 3.05) is 0 Å². The molecule has 156 valence electrons. The molecule has 0 radical (unpaired) electrons. The van der Waals surface area contributed by atoms with E-state index in [0.29, 0.717) is 18.3 Å². The second kappa shape index (κ2) is 7.96. The van der Waals surface area contributed by atoms with E-state index in [1.54, 1.807) is 4.52 Å². The Balaban J connectivity index is 1.40. The Morgan fingerprint density at radius 1 is 1.06 bits per heavy atom. The average Bonchev–Trinajstić information content (AvgIpc) is 3.48. The molecule has 1 N–H and O–H groups in total. The maximum Gasteiger partial charge on any atom is 0.235 e. The normalized spacial score (nSPS) is 11.5. The predicted molar refractivity (Wildman–Crippen MR) is 121 cm³/mol. The molecule has 8 heteroatoms. The molecule has 2 aromatic carbocycles. The van der Waals surface area contributed by atoms with Crippen molar-refractivity contribution in [2.24, 2.45) is 0 Å². The van der Waals surface area contributed by atoms with E-state index in [1.165, 1.54) is 22.5 Å². The van der Waals surface area contributed by atoms with Crippen molar-refractivity contribution in [3.05, 3.63) is 70.7 Å². The summed E-state index contributed by atoms with van der Waals surface area (Å²) in [5.41, 5.74) is 5.03. The fourth-order valence-electron chi connectivity index (χ4n) is 3.46. The Morgan fingerprint density at radius 2 is 1.90 bits per heavy atom. The Kier molecular flexibility index (Phi) is 4.99.